The van der Waals surface area contributed by atoms with Gasteiger partial charge < -0.3 is 5.32 Å². The minimum Gasteiger partial charge on any atom is -0.378 e. The molecule has 5 heteroatoms. The van der Waals surface area contributed by atoms with Crippen LogP contribution < -0.4 is 5.32 Å². The van der Waals surface area contributed by atoms with Crippen molar-refractivity contribution in [3.63, 3.8) is 0 Å². The molecule has 3 aromatic rings. The number of benzene rings is 1. The average molecular weight is 244 g/mol. The van der Waals surface area contributed by atoms with E-state index in [0.29, 0.717) is 6.54 Å². The first-order valence-electron chi connectivity index (χ1n) is 5.37. The molecule has 4 nitrogen and oxygen atoms in total. The Bertz CT molecular complexity index is 641. The highest BCUT2D eigenvalue weighted by Crippen LogP contribution is 2.24. The molecular formula is C12H12N4S. The number of hydrogen-bond acceptors (Lipinski definition) is 4. The number of fused-ring (bicyclic) bond motifs is 1. The predicted molar refractivity (Wildman–Crippen MR) is 70.2 cm³/mol. The number of anilines is 1. The Morgan fingerprint density at radius 3 is 3.12 bits per heavy atom. The summed E-state index contributed by atoms with van der Waals surface area (Å²) in [6.45, 7) is 0.687. The highest BCUT2D eigenvalue weighted by molar-refractivity contribution is 7.17. The van der Waals surface area contributed by atoms with Gasteiger partial charge in [-0.15, -0.1) is 11.3 Å². The van der Waals surface area contributed by atoms with E-state index in [4.69, 9.17) is 0 Å². The number of thiophene rings is 1. The van der Waals surface area contributed by atoms with E-state index in [9.17, 15) is 0 Å². The molecule has 0 saturated carbocycles. The maximum Gasteiger partial charge on any atom is 0.145 e. The number of rotatable bonds is 3. The molecule has 3 rings (SSSR count). The fourth-order valence-corrected chi connectivity index (χ4v) is 2.51. The second-order valence-electron chi connectivity index (χ2n) is 3.83. The van der Waals surface area contributed by atoms with Gasteiger partial charge in [0.25, 0.3) is 0 Å². The van der Waals surface area contributed by atoms with Gasteiger partial charge >= 0.3 is 0 Å². The quantitative estimate of drug-likeness (QED) is 0.770. The molecule has 1 aromatic carbocycles. The third-order valence-electron chi connectivity index (χ3n) is 2.71. The Morgan fingerprint density at radius 1 is 1.35 bits per heavy atom. The molecule has 0 amide bonds. The zero-order valence-electron chi connectivity index (χ0n) is 9.42. The second-order valence-corrected chi connectivity index (χ2v) is 4.77. The van der Waals surface area contributed by atoms with Crippen molar-refractivity contribution >= 4 is 27.1 Å². The highest BCUT2D eigenvalue weighted by Gasteiger charge is 2.01. The maximum atomic E-state index is 4.17. The molecule has 0 aliphatic heterocycles. The zero-order valence-corrected chi connectivity index (χ0v) is 10.2. The first kappa shape index (κ1) is 10.3. The van der Waals surface area contributed by atoms with Crippen molar-refractivity contribution in [2.75, 3.05) is 5.32 Å². The van der Waals surface area contributed by atoms with Gasteiger partial charge in [-0.25, -0.2) is 4.98 Å². The van der Waals surface area contributed by atoms with E-state index in [2.05, 4.69) is 45.0 Å². The molecular weight excluding hydrogens is 232 g/mol. The van der Waals surface area contributed by atoms with Gasteiger partial charge in [0.1, 0.15) is 12.2 Å². The minimum atomic E-state index is 0.687. The number of hydrogen-bond donors (Lipinski definition) is 1. The fraction of sp³-hybridized carbons (Fsp3) is 0.167. The molecule has 86 valence electrons. The molecule has 0 bridgehead atoms. The van der Waals surface area contributed by atoms with E-state index in [1.54, 1.807) is 22.3 Å². The summed E-state index contributed by atoms with van der Waals surface area (Å²) < 4.78 is 3.09. The maximum absolute atomic E-state index is 4.17. The Balaban J connectivity index is 1.78. The lowest BCUT2D eigenvalue weighted by molar-refractivity contribution is 0.712. The van der Waals surface area contributed by atoms with Crippen molar-refractivity contribution < 1.29 is 0 Å². The Kier molecular flexibility index (Phi) is 2.53. The normalized spacial score (nSPS) is 10.9. The standard InChI is InChI=1S/C12H12N4S/c1-16-12(14-8-15-16)7-13-10-2-3-11-9(6-10)4-5-17-11/h2-6,8,13H,7H2,1H3. The summed E-state index contributed by atoms with van der Waals surface area (Å²) in [4.78, 5) is 4.17. The van der Waals surface area contributed by atoms with Gasteiger partial charge in [-0.3, -0.25) is 4.68 Å². The topological polar surface area (TPSA) is 42.7 Å². The molecule has 1 N–H and O–H groups in total. The van der Waals surface area contributed by atoms with Gasteiger partial charge in [-0.2, -0.15) is 5.10 Å². The minimum absolute atomic E-state index is 0.687. The largest absolute Gasteiger partial charge is 0.378 e. The lowest BCUT2D eigenvalue weighted by Gasteiger charge is -2.05. The first-order chi connectivity index (χ1) is 8.33. The van der Waals surface area contributed by atoms with Crippen molar-refractivity contribution in [2.24, 2.45) is 7.05 Å². The smallest absolute Gasteiger partial charge is 0.145 e. The van der Waals surface area contributed by atoms with Gasteiger partial charge in [0.2, 0.25) is 0 Å². The van der Waals surface area contributed by atoms with Crippen LogP contribution in [0.5, 0.6) is 0 Å². The van der Waals surface area contributed by atoms with Crippen LogP contribution in [0.15, 0.2) is 36.0 Å². The molecule has 0 aliphatic rings. The number of nitrogens with zero attached hydrogens (tertiary/aromatic N) is 3. The second kappa shape index (κ2) is 4.18. The summed E-state index contributed by atoms with van der Waals surface area (Å²) in [7, 11) is 1.89. The van der Waals surface area contributed by atoms with Crippen molar-refractivity contribution in [3.05, 3.63) is 41.8 Å². The first-order valence-corrected chi connectivity index (χ1v) is 6.25. The van der Waals surface area contributed by atoms with E-state index in [1.807, 2.05) is 7.05 Å². The Morgan fingerprint density at radius 2 is 2.29 bits per heavy atom. The number of nitrogens with one attached hydrogen (secondary N) is 1. The van der Waals surface area contributed by atoms with Crippen LogP contribution in [0.2, 0.25) is 0 Å². The monoisotopic (exact) mass is 244 g/mol. The number of aromatic nitrogens is 3. The molecule has 0 aliphatic carbocycles. The molecule has 2 heterocycles. The van der Waals surface area contributed by atoms with E-state index >= 15 is 0 Å². The highest BCUT2D eigenvalue weighted by atomic mass is 32.1. The molecule has 0 spiro atoms. The van der Waals surface area contributed by atoms with Crippen molar-refractivity contribution in [2.45, 2.75) is 6.54 Å². The van der Waals surface area contributed by atoms with Gasteiger partial charge in [0.15, 0.2) is 0 Å². The van der Waals surface area contributed by atoms with Crippen molar-refractivity contribution in [3.8, 4) is 0 Å². The molecule has 2 aromatic heterocycles. The molecule has 0 atom stereocenters. The van der Waals surface area contributed by atoms with E-state index in [-0.39, 0.29) is 0 Å². The van der Waals surface area contributed by atoms with Gasteiger partial charge in [0.05, 0.1) is 6.54 Å². The fourth-order valence-electron chi connectivity index (χ4n) is 1.74. The van der Waals surface area contributed by atoms with Crippen LogP contribution in [0.3, 0.4) is 0 Å². The summed E-state index contributed by atoms with van der Waals surface area (Å²) in [5.41, 5.74) is 1.11. The molecule has 0 radical (unpaired) electrons. The third kappa shape index (κ3) is 2.01. The van der Waals surface area contributed by atoms with Crippen LogP contribution in [0.1, 0.15) is 5.82 Å². The Labute approximate surface area is 103 Å². The van der Waals surface area contributed by atoms with Crippen molar-refractivity contribution in [1.82, 2.24) is 14.8 Å². The van der Waals surface area contributed by atoms with Crippen LogP contribution in [0.4, 0.5) is 5.69 Å². The van der Waals surface area contributed by atoms with Crippen LogP contribution in [0.25, 0.3) is 10.1 Å². The molecule has 0 unspecified atom stereocenters. The van der Waals surface area contributed by atoms with Crippen LogP contribution in [0, 0.1) is 0 Å². The Hall–Kier alpha value is -1.88. The molecule has 17 heavy (non-hydrogen) atoms. The summed E-state index contributed by atoms with van der Waals surface area (Å²) >= 11 is 1.76. The van der Waals surface area contributed by atoms with Crippen LogP contribution >= 0.6 is 11.3 Å². The lowest BCUT2D eigenvalue weighted by atomic mass is 10.2. The SMILES string of the molecule is Cn1ncnc1CNc1ccc2sccc2c1. The van der Waals surface area contributed by atoms with Gasteiger partial charge in [-0.1, -0.05) is 0 Å². The van der Waals surface area contributed by atoms with E-state index in [0.717, 1.165) is 11.5 Å². The van der Waals surface area contributed by atoms with Crippen LogP contribution in [-0.4, -0.2) is 14.8 Å². The average Bonchev–Trinajstić information content (AvgIpc) is 2.94. The van der Waals surface area contributed by atoms with Crippen LogP contribution in [-0.2, 0) is 13.6 Å². The van der Waals surface area contributed by atoms with Gasteiger partial charge in [0, 0.05) is 17.4 Å². The molecule has 0 fully saturated rings. The van der Waals surface area contributed by atoms with Gasteiger partial charge in [-0.05, 0) is 35.0 Å². The summed E-state index contributed by atoms with van der Waals surface area (Å²) in [5.74, 6) is 0.926. The number of aryl methyl sites for hydroxylation is 1. The lowest BCUT2D eigenvalue weighted by Crippen LogP contribution is -2.06. The van der Waals surface area contributed by atoms with E-state index in [1.165, 1.54) is 10.1 Å². The predicted octanol–water partition coefficient (Wildman–Crippen LogP) is 2.64. The summed E-state index contributed by atoms with van der Waals surface area (Å²) in [6.07, 6.45) is 1.57. The zero-order chi connectivity index (χ0) is 11.7. The summed E-state index contributed by atoms with van der Waals surface area (Å²) in [5, 5.41) is 10.8. The van der Waals surface area contributed by atoms with Crippen molar-refractivity contribution in [1.29, 1.82) is 0 Å². The van der Waals surface area contributed by atoms with E-state index < -0.39 is 0 Å². The molecule has 0 saturated heterocycles. The third-order valence-corrected chi connectivity index (χ3v) is 3.61. The summed E-state index contributed by atoms with van der Waals surface area (Å²) in [6, 6.07) is 8.52.